The molecule has 1 aliphatic rings. The molecule has 0 spiro atoms. The molecule has 24 heavy (non-hydrogen) atoms. The van der Waals surface area contributed by atoms with E-state index in [1.54, 1.807) is 0 Å². The standard InChI is InChI=1S/C21H34FNO/c1-17(2)9-10-21(12-14-24-20(3,4)16-21)11-13-23-15-18-5-7-19(22)8-6-18/h5-8,17,23H,9-16H2,1-4H3/t21-/m0/s1. The van der Waals surface area contributed by atoms with Gasteiger partial charge in [0.2, 0.25) is 0 Å². The van der Waals surface area contributed by atoms with Crippen LogP contribution in [0.4, 0.5) is 4.39 Å². The lowest BCUT2D eigenvalue weighted by atomic mass is 9.68. The van der Waals surface area contributed by atoms with Gasteiger partial charge in [-0.25, -0.2) is 4.39 Å². The van der Waals surface area contributed by atoms with Crippen LogP contribution in [0.1, 0.15) is 65.4 Å². The molecule has 0 saturated carbocycles. The number of hydrogen-bond donors (Lipinski definition) is 1. The quantitative estimate of drug-likeness (QED) is 0.649. The maximum Gasteiger partial charge on any atom is 0.123 e. The fourth-order valence-electron chi connectivity index (χ4n) is 3.92. The van der Waals surface area contributed by atoms with Gasteiger partial charge in [-0.15, -0.1) is 0 Å². The summed E-state index contributed by atoms with van der Waals surface area (Å²) >= 11 is 0. The van der Waals surface area contributed by atoms with E-state index in [1.165, 1.54) is 37.8 Å². The molecule has 1 fully saturated rings. The summed E-state index contributed by atoms with van der Waals surface area (Å²) in [4.78, 5) is 0. The predicted molar refractivity (Wildman–Crippen MR) is 98.5 cm³/mol. The van der Waals surface area contributed by atoms with E-state index in [4.69, 9.17) is 4.74 Å². The van der Waals surface area contributed by atoms with Crippen LogP contribution >= 0.6 is 0 Å². The molecular weight excluding hydrogens is 301 g/mol. The average Bonchev–Trinajstić information content (AvgIpc) is 2.51. The molecule has 0 bridgehead atoms. The lowest BCUT2D eigenvalue weighted by Gasteiger charge is -2.45. The SMILES string of the molecule is CC(C)CC[C@]1(CCNCc2ccc(F)cc2)CCOC(C)(C)C1. The van der Waals surface area contributed by atoms with Crippen LogP contribution in [0.25, 0.3) is 0 Å². The molecule has 1 aromatic rings. The molecule has 1 saturated heterocycles. The summed E-state index contributed by atoms with van der Waals surface area (Å²) in [5, 5.41) is 3.54. The minimum Gasteiger partial charge on any atom is -0.376 e. The molecule has 1 aromatic carbocycles. The zero-order valence-electron chi connectivity index (χ0n) is 15.8. The van der Waals surface area contributed by atoms with Crippen molar-refractivity contribution in [1.82, 2.24) is 5.32 Å². The summed E-state index contributed by atoms with van der Waals surface area (Å²) in [6.45, 7) is 11.8. The molecule has 0 amide bonds. The van der Waals surface area contributed by atoms with Gasteiger partial charge < -0.3 is 10.1 Å². The average molecular weight is 336 g/mol. The van der Waals surface area contributed by atoms with E-state index in [1.807, 2.05) is 12.1 Å². The molecule has 2 rings (SSSR count). The summed E-state index contributed by atoms with van der Waals surface area (Å²) in [6, 6.07) is 6.77. The minimum absolute atomic E-state index is 0.00775. The Morgan fingerprint density at radius 3 is 2.50 bits per heavy atom. The van der Waals surface area contributed by atoms with E-state index in [-0.39, 0.29) is 11.4 Å². The second-order valence-corrected chi connectivity index (χ2v) is 8.52. The highest BCUT2D eigenvalue weighted by atomic mass is 19.1. The van der Waals surface area contributed by atoms with Gasteiger partial charge in [0.05, 0.1) is 5.60 Å². The van der Waals surface area contributed by atoms with Gasteiger partial charge in [0.25, 0.3) is 0 Å². The molecule has 1 heterocycles. The first-order valence-corrected chi connectivity index (χ1v) is 9.39. The fraction of sp³-hybridized carbons (Fsp3) is 0.714. The Labute approximate surface area is 147 Å². The molecule has 2 nitrogen and oxygen atoms in total. The minimum atomic E-state index is -0.171. The molecule has 0 aliphatic carbocycles. The molecule has 3 heteroatoms. The van der Waals surface area contributed by atoms with Crippen LogP contribution in [-0.2, 0) is 11.3 Å². The van der Waals surface area contributed by atoms with Gasteiger partial charge in [-0.2, -0.15) is 0 Å². The van der Waals surface area contributed by atoms with Crippen LogP contribution in [0.2, 0.25) is 0 Å². The van der Waals surface area contributed by atoms with Crippen LogP contribution in [0, 0.1) is 17.2 Å². The fourth-order valence-corrected chi connectivity index (χ4v) is 3.92. The highest BCUT2D eigenvalue weighted by Gasteiger charge is 2.40. The molecule has 0 aromatic heterocycles. The zero-order chi connectivity index (χ0) is 17.6. The Hall–Kier alpha value is -0.930. The van der Waals surface area contributed by atoms with Crippen molar-refractivity contribution in [1.29, 1.82) is 0 Å². The second-order valence-electron chi connectivity index (χ2n) is 8.52. The smallest absolute Gasteiger partial charge is 0.123 e. The van der Waals surface area contributed by atoms with Gasteiger partial charge >= 0.3 is 0 Å². The maximum atomic E-state index is 13.0. The number of rotatable bonds is 8. The lowest BCUT2D eigenvalue weighted by Crippen LogP contribution is -2.42. The van der Waals surface area contributed by atoms with Gasteiger partial charge in [-0.1, -0.05) is 32.4 Å². The molecule has 136 valence electrons. The normalized spacial score (nSPS) is 23.6. The van der Waals surface area contributed by atoms with Crippen LogP contribution in [0.15, 0.2) is 24.3 Å². The third-order valence-corrected chi connectivity index (χ3v) is 5.25. The Morgan fingerprint density at radius 2 is 1.88 bits per heavy atom. The predicted octanol–water partition coefficient (Wildman–Crippen LogP) is 5.32. The first-order chi connectivity index (χ1) is 11.3. The molecule has 1 N–H and O–H groups in total. The maximum absolute atomic E-state index is 13.0. The zero-order valence-corrected chi connectivity index (χ0v) is 15.8. The van der Waals surface area contributed by atoms with Crippen LogP contribution < -0.4 is 5.32 Å². The first kappa shape index (κ1) is 19.4. The van der Waals surface area contributed by atoms with Crippen molar-refractivity contribution in [3.63, 3.8) is 0 Å². The molecule has 1 aliphatic heterocycles. The van der Waals surface area contributed by atoms with Crippen molar-refractivity contribution in [2.75, 3.05) is 13.2 Å². The van der Waals surface area contributed by atoms with Crippen molar-refractivity contribution in [3.8, 4) is 0 Å². The van der Waals surface area contributed by atoms with Gasteiger partial charge in [-0.05, 0) is 75.1 Å². The summed E-state index contributed by atoms with van der Waals surface area (Å²) in [5.41, 5.74) is 1.52. The third kappa shape index (κ3) is 6.18. The Balaban J connectivity index is 1.87. The number of ether oxygens (including phenoxy) is 1. The van der Waals surface area contributed by atoms with Crippen molar-refractivity contribution in [2.45, 2.75) is 71.9 Å². The van der Waals surface area contributed by atoms with Crippen molar-refractivity contribution >= 4 is 0 Å². The van der Waals surface area contributed by atoms with Crippen LogP contribution in [-0.4, -0.2) is 18.8 Å². The first-order valence-electron chi connectivity index (χ1n) is 9.39. The van der Waals surface area contributed by atoms with Gasteiger partial charge in [0.1, 0.15) is 5.82 Å². The van der Waals surface area contributed by atoms with E-state index in [9.17, 15) is 4.39 Å². The molecular formula is C21H34FNO. The highest BCUT2D eigenvalue weighted by Crippen LogP contribution is 2.45. The molecule has 0 unspecified atom stereocenters. The van der Waals surface area contributed by atoms with Gasteiger partial charge in [-0.3, -0.25) is 0 Å². The van der Waals surface area contributed by atoms with Crippen LogP contribution in [0.3, 0.4) is 0 Å². The summed E-state index contributed by atoms with van der Waals surface area (Å²) in [7, 11) is 0. The van der Waals surface area contributed by atoms with E-state index in [2.05, 4.69) is 33.0 Å². The van der Waals surface area contributed by atoms with E-state index in [0.29, 0.717) is 5.41 Å². The number of halogens is 1. The number of hydrogen-bond acceptors (Lipinski definition) is 2. The van der Waals surface area contributed by atoms with Gasteiger partial charge in [0, 0.05) is 13.2 Å². The Bertz CT molecular complexity index is 497. The second kappa shape index (κ2) is 8.44. The third-order valence-electron chi connectivity index (χ3n) is 5.25. The monoisotopic (exact) mass is 335 g/mol. The lowest BCUT2D eigenvalue weighted by molar-refractivity contribution is -0.110. The molecule has 0 radical (unpaired) electrons. The van der Waals surface area contributed by atoms with Crippen molar-refractivity contribution < 1.29 is 9.13 Å². The van der Waals surface area contributed by atoms with E-state index >= 15 is 0 Å². The Morgan fingerprint density at radius 1 is 1.17 bits per heavy atom. The van der Waals surface area contributed by atoms with Crippen molar-refractivity contribution in [3.05, 3.63) is 35.6 Å². The van der Waals surface area contributed by atoms with E-state index < -0.39 is 0 Å². The summed E-state index contributed by atoms with van der Waals surface area (Å²) in [5.74, 6) is 0.579. The van der Waals surface area contributed by atoms with E-state index in [0.717, 1.165) is 37.6 Å². The number of nitrogens with one attached hydrogen (secondary N) is 1. The number of benzene rings is 1. The topological polar surface area (TPSA) is 21.3 Å². The van der Waals surface area contributed by atoms with Crippen LogP contribution in [0.5, 0.6) is 0 Å². The summed E-state index contributed by atoms with van der Waals surface area (Å²) < 4.78 is 18.9. The van der Waals surface area contributed by atoms with Gasteiger partial charge in [0.15, 0.2) is 0 Å². The largest absolute Gasteiger partial charge is 0.376 e. The Kier molecular flexibility index (Phi) is 6.82. The summed E-state index contributed by atoms with van der Waals surface area (Å²) in [6.07, 6.45) is 6.07. The molecule has 1 atom stereocenters. The van der Waals surface area contributed by atoms with Crippen molar-refractivity contribution in [2.24, 2.45) is 11.3 Å². The highest BCUT2D eigenvalue weighted by molar-refractivity contribution is 5.15.